The number of carbonyl (C=O) groups excluding carboxylic acids is 1. The quantitative estimate of drug-likeness (QED) is 0.906. The van der Waals surface area contributed by atoms with E-state index in [1.807, 2.05) is 4.90 Å². The molecular weight excluding hydrogens is 262 g/mol. The molecule has 0 saturated carbocycles. The van der Waals surface area contributed by atoms with Crippen molar-refractivity contribution in [2.45, 2.75) is 38.8 Å². The van der Waals surface area contributed by atoms with E-state index in [4.69, 9.17) is 0 Å². The zero-order chi connectivity index (χ0) is 14.7. The van der Waals surface area contributed by atoms with Crippen LogP contribution in [0.2, 0.25) is 0 Å². The molecule has 1 N–H and O–H groups in total. The standard InChI is InChI=1S/C17H25N3O/c1-14-5-7-15(8-6-14)12-18-17(21)20-11-10-19-9-3-2-4-16(19)13-20/h5-8,16H,2-4,9-13H2,1H3,(H,18,21). The minimum atomic E-state index is 0.0841. The molecule has 1 atom stereocenters. The topological polar surface area (TPSA) is 35.6 Å². The van der Waals surface area contributed by atoms with Crippen LogP contribution in [0, 0.1) is 6.92 Å². The predicted octanol–water partition coefficient (Wildman–Crippen LogP) is 2.37. The average molecular weight is 287 g/mol. The van der Waals surface area contributed by atoms with E-state index in [1.165, 1.54) is 31.4 Å². The highest BCUT2D eigenvalue weighted by Gasteiger charge is 2.30. The SMILES string of the molecule is Cc1ccc(CNC(=O)N2CCN3CCCCC3C2)cc1. The second kappa shape index (κ2) is 6.48. The predicted molar refractivity (Wildman–Crippen MR) is 84.2 cm³/mol. The number of hydrogen-bond donors (Lipinski definition) is 1. The fourth-order valence-corrected chi connectivity index (χ4v) is 3.34. The number of nitrogens with one attached hydrogen (secondary N) is 1. The summed E-state index contributed by atoms with van der Waals surface area (Å²) in [5, 5.41) is 3.05. The normalized spacial score (nSPS) is 22.7. The number of aryl methyl sites for hydroxylation is 1. The number of urea groups is 1. The molecule has 1 aromatic rings. The minimum Gasteiger partial charge on any atom is -0.334 e. The van der Waals surface area contributed by atoms with Gasteiger partial charge in [0.05, 0.1) is 0 Å². The highest BCUT2D eigenvalue weighted by Crippen LogP contribution is 2.21. The molecule has 3 rings (SSSR count). The summed E-state index contributed by atoms with van der Waals surface area (Å²) in [4.78, 5) is 16.8. The molecule has 21 heavy (non-hydrogen) atoms. The number of nitrogens with zero attached hydrogens (tertiary/aromatic N) is 2. The minimum absolute atomic E-state index is 0.0841. The van der Waals surface area contributed by atoms with Crippen LogP contribution in [-0.2, 0) is 6.54 Å². The monoisotopic (exact) mass is 287 g/mol. The van der Waals surface area contributed by atoms with Gasteiger partial charge in [-0.25, -0.2) is 4.79 Å². The molecule has 0 aliphatic carbocycles. The van der Waals surface area contributed by atoms with Gasteiger partial charge in [-0.15, -0.1) is 0 Å². The molecule has 2 aliphatic heterocycles. The molecule has 2 fully saturated rings. The first-order chi connectivity index (χ1) is 10.2. The van der Waals surface area contributed by atoms with Gasteiger partial charge in [0, 0.05) is 32.2 Å². The van der Waals surface area contributed by atoms with Crippen molar-refractivity contribution < 1.29 is 4.79 Å². The van der Waals surface area contributed by atoms with E-state index in [1.54, 1.807) is 0 Å². The lowest BCUT2D eigenvalue weighted by molar-refractivity contribution is 0.0643. The van der Waals surface area contributed by atoms with Crippen molar-refractivity contribution in [3.05, 3.63) is 35.4 Å². The molecule has 1 unspecified atom stereocenters. The number of piperidine rings is 1. The fraction of sp³-hybridized carbons (Fsp3) is 0.588. The molecule has 2 amide bonds. The van der Waals surface area contributed by atoms with E-state index in [9.17, 15) is 4.79 Å². The first kappa shape index (κ1) is 14.4. The van der Waals surface area contributed by atoms with Crippen LogP contribution in [-0.4, -0.2) is 48.1 Å². The first-order valence-electron chi connectivity index (χ1n) is 8.05. The summed E-state index contributed by atoms with van der Waals surface area (Å²) < 4.78 is 0. The van der Waals surface area contributed by atoms with Crippen LogP contribution in [0.1, 0.15) is 30.4 Å². The molecule has 2 heterocycles. The lowest BCUT2D eigenvalue weighted by atomic mass is 10.00. The number of rotatable bonds is 2. The fourth-order valence-electron chi connectivity index (χ4n) is 3.34. The van der Waals surface area contributed by atoms with Gasteiger partial charge in [0.25, 0.3) is 0 Å². The Labute approximate surface area is 127 Å². The number of piperazine rings is 1. The Kier molecular flexibility index (Phi) is 4.44. The maximum absolute atomic E-state index is 12.3. The smallest absolute Gasteiger partial charge is 0.317 e. The summed E-state index contributed by atoms with van der Waals surface area (Å²) >= 11 is 0. The van der Waals surface area contributed by atoms with Crippen molar-refractivity contribution in [3.63, 3.8) is 0 Å². The summed E-state index contributed by atoms with van der Waals surface area (Å²) in [6.07, 6.45) is 3.86. The van der Waals surface area contributed by atoms with Crippen LogP contribution in [0.15, 0.2) is 24.3 Å². The van der Waals surface area contributed by atoms with E-state index >= 15 is 0 Å². The van der Waals surface area contributed by atoms with Crippen LogP contribution in [0.5, 0.6) is 0 Å². The lowest BCUT2D eigenvalue weighted by Crippen LogP contribution is -2.57. The van der Waals surface area contributed by atoms with Gasteiger partial charge in [-0.1, -0.05) is 36.2 Å². The maximum Gasteiger partial charge on any atom is 0.317 e. The highest BCUT2D eigenvalue weighted by molar-refractivity contribution is 5.74. The van der Waals surface area contributed by atoms with E-state index in [0.29, 0.717) is 12.6 Å². The second-order valence-corrected chi connectivity index (χ2v) is 6.28. The van der Waals surface area contributed by atoms with Crippen LogP contribution >= 0.6 is 0 Å². The molecule has 0 spiro atoms. The second-order valence-electron chi connectivity index (χ2n) is 6.28. The van der Waals surface area contributed by atoms with Crippen LogP contribution in [0.3, 0.4) is 0 Å². The van der Waals surface area contributed by atoms with Gasteiger partial charge in [-0.05, 0) is 31.9 Å². The average Bonchev–Trinajstić information content (AvgIpc) is 2.53. The van der Waals surface area contributed by atoms with Crippen molar-refractivity contribution in [1.82, 2.24) is 15.1 Å². The molecule has 1 aromatic carbocycles. The van der Waals surface area contributed by atoms with Gasteiger partial charge in [0.2, 0.25) is 0 Å². The molecule has 114 valence electrons. The number of benzene rings is 1. The van der Waals surface area contributed by atoms with Crippen molar-refractivity contribution in [2.24, 2.45) is 0 Å². The van der Waals surface area contributed by atoms with Gasteiger partial charge in [-0.3, -0.25) is 4.90 Å². The summed E-state index contributed by atoms with van der Waals surface area (Å²) in [6, 6.07) is 8.99. The summed E-state index contributed by atoms with van der Waals surface area (Å²) in [5.74, 6) is 0. The van der Waals surface area contributed by atoms with Gasteiger partial charge in [-0.2, -0.15) is 0 Å². The molecule has 2 saturated heterocycles. The summed E-state index contributed by atoms with van der Waals surface area (Å²) in [6.45, 7) is 6.68. The van der Waals surface area contributed by atoms with Crippen molar-refractivity contribution in [1.29, 1.82) is 0 Å². The van der Waals surface area contributed by atoms with Crippen LogP contribution in [0.25, 0.3) is 0 Å². The van der Waals surface area contributed by atoms with Gasteiger partial charge in [0.15, 0.2) is 0 Å². The zero-order valence-electron chi connectivity index (χ0n) is 12.8. The Balaban J connectivity index is 1.50. The zero-order valence-corrected chi connectivity index (χ0v) is 12.8. The van der Waals surface area contributed by atoms with Gasteiger partial charge < -0.3 is 10.2 Å². The van der Waals surface area contributed by atoms with Crippen molar-refractivity contribution in [2.75, 3.05) is 26.2 Å². The van der Waals surface area contributed by atoms with Gasteiger partial charge in [0.1, 0.15) is 0 Å². The molecular formula is C17H25N3O. The van der Waals surface area contributed by atoms with E-state index in [0.717, 1.165) is 25.2 Å². The number of carbonyl (C=O) groups is 1. The number of amides is 2. The largest absolute Gasteiger partial charge is 0.334 e. The third kappa shape index (κ3) is 3.56. The van der Waals surface area contributed by atoms with Crippen LogP contribution < -0.4 is 5.32 Å². The van der Waals surface area contributed by atoms with E-state index in [-0.39, 0.29) is 6.03 Å². The molecule has 0 bridgehead atoms. The Morgan fingerprint density at radius 2 is 2.00 bits per heavy atom. The maximum atomic E-state index is 12.3. The molecule has 4 nitrogen and oxygen atoms in total. The highest BCUT2D eigenvalue weighted by atomic mass is 16.2. The molecule has 0 aromatic heterocycles. The summed E-state index contributed by atoms with van der Waals surface area (Å²) in [7, 11) is 0. The summed E-state index contributed by atoms with van der Waals surface area (Å²) in [5.41, 5.74) is 2.41. The van der Waals surface area contributed by atoms with Crippen LogP contribution in [0.4, 0.5) is 4.79 Å². The number of hydrogen-bond acceptors (Lipinski definition) is 2. The van der Waals surface area contributed by atoms with Crippen molar-refractivity contribution in [3.8, 4) is 0 Å². The Morgan fingerprint density at radius 3 is 2.81 bits per heavy atom. The molecule has 4 heteroatoms. The lowest BCUT2D eigenvalue weighted by Gasteiger charge is -2.43. The molecule has 2 aliphatic rings. The van der Waals surface area contributed by atoms with E-state index in [2.05, 4.69) is 41.4 Å². The Hall–Kier alpha value is -1.55. The van der Waals surface area contributed by atoms with E-state index < -0.39 is 0 Å². The molecule has 0 radical (unpaired) electrons. The third-order valence-electron chi connectivity index (χ3n) is 4.69. The first-order valence-corrected chi connectivity index (χ1v) is 8.05. The third-order valence-corrected chi connectivity index (χ3v) is 4.69. The van der Waals surface area contributed by atoms with Gasteiger partial charge >= 0.3 is 6.03 Å². The Morgan fingerprint density at radius 1 is 1.19 bits per heavy atom. The van der Waals surface area contributed by atoms with Crippen molar-refractivity contribution >= 4 is 6.03 Å². The number of fused-ring (bicyclic) bond motifs is 1. The Bertz CT molecular complexity index is 485.